The molecule has 4 nitrogen and oxygen atoms in total. The molecule has 1 aromatic carbocycles. The van der Waals surface area contributed by atoms with Crippen LogP contribution in [0.3, 0.4) is 0 Å². The molecule has 0 spiro atoms. The Morgan fingerprint density at radius 1 is 1.33 bits per heavy atom. The van der Waals surface area contributed by atoms with Crippen LogP contribution < -0.4 is 5.32 Å². The van der Waals surface area contributed by atoms with Crippen LogP contribution in [0.25, 0.3) is 0 Å². The van der Waals surface area contributed by atoms with Crippen molar-refractivity contribution in [3.63, 3.8) is 0 Å². The van der Waals surface area contributed by atoms with E-state index in [0.29, 0.717) is 17.1 Å². The summed E-state index contributed by atoms with van der Waals surface area (Å²) in [5.74, 6) is -0.0488. The number of hydrogen-bond acceptors (Lipinski definition) is 3. The topological polar surface area (TPSA) is 45.2 Å². The van der Waals surface area contributed by atoms with Crippen molar-refractivity contribution in [2.24, 2.45) is 0 Å². The lowest BCUT2D eigenvalue weighted by atomic mass is 10.1. The number of hydrogen-bond donors (Lipinski definition) is 1. The lowest BCUT2D eigenvalue weighted by Gasteiger charge is -2.14. The van der Waals surface area contributed by atoms with Gasteiger partial charge in [-0.05, 0) is 42.3 Å². The molecule has 0 saturated heterocycles. The normalized spacial score (nSPS) is 10.3. The standard InChI is InChI=1S/C16H18ClN3O/c1-11-6-7-18-9-13(11)10-19-15-8-12(4-5-14(15)17)16(21)20(2)3/h4-9,19H,10H2,1-3H3. The molecule has 2 rings (SSSR count). The number of nitrogens with zero attached hydrogens (tertiary/aromatic N) is 2. The fraction of sp³-hybridized carbons (Fsp3) is 0.250. The van der Waals surface area contributed by atoms with Gasteiger partial charge in [0.05, 0.1) is 10.7 Å². The van der Waals surface area contributed by atoms with Crippen LogP contribution in [0.15, 0.2) is 36.7 Å². The molecule has 0 atom stereocenters. The number of aromatic nitrogens is 1. The highest BCUT2D eigenvalue weighted by Gasteiger charge is 2.10. The van der Waals surface area contributed by atoms with E-state index >= 15 is 0 Å². The highest BCUT2D eigenvalue weighted by molar-refractivity contribution is 6.33. The summed E-state index contributed by atoms with van der Waals surface area (Å²) < 4.78 is 0. The fourth-order valence-electron chi connectivity index (χ4n) is 1.92. The SMILES string of the molecule is Cc1ccncc1CNc1cc(C(=O)N(C)C)ccc1Cl. The Morgan fingerprint density at radius 2 is 2.10 bits per heavy atom. The summed E-state index contributed by atoms with van der Waals surface area (Å²) in [6.07, 6.45) is 3.59. The van der Waals surface area contributed by atoms with Crippen LogP contribution in [-0.2, 0) is 6.54 Å². The van der Waals surface area contributed by atoms with Crippen molar-refractivity contribution in [1.29, 1.82) is 0 Å². The minimum absolute atomic E-state index is 0.0488. The van der Waals surface area contributed by atoms with Crippen molar-refractivity contribution in [3.05, 3.63) is 58.4 Å². The van der Waals surface area contributed by atoms with Gasteiger partial charge in [-0.15, -0.1) is 0 Å². The Morgan fingerprint density at radius 3 is 2.76 bits per heavy atom. The molecule has 0 aliphatic rings. The van der Waals surface area contributed by atoms with E-state index in [1.165, 1.54) is 4.90 Å². The van der Waals surface area contributed by atoms with Gasteiger partial charge >= 0.3 is 0 Å². The molecule has 1 heterocycles. The van der Waals surface area contributed by atoms with Gasteiger partial charge < -0.3 is 10.2 Å². The Kier molecular flexibility index (Phi) is 4.81. The van der Waals surface area contributed by atoms with Crippen molar-refractivity contribution in [2.75, 3.05) is 19.4 Å². The van der Waals surface area contributed by atoms with Crippen molar-refractivity contribution in [2.45, 2.75) is 13.5 Å². The number of halogens is 1. The smallest absolute Gasteiger partial charge is 0.253 e. The molecule has 0 unspecified atom stereocenters. The number of amides is 1. The van der Waals surface area contributed by atoms with Crippen LogP contribution in [-0.4, -0.2) is 29.9 Å². The first kappa shape index (κ1) is 15.3. The first-order chi connectivity index (χ1) is 9.99. The van der Waals surface area contributed by atoms with Crippen LogP contribution in [0.1, 0.15) is 21.5 Å². The number of carbonyl (C=O) groups excluding carboxylic acids is 1. The van der Waals surface area contributed by atoms with Gasteiger partial charge in [0.15, 0.2) is 0 Å². The van der Waals surface area contributed by atoms with Gasteiger partial charge in [0, 0.05) is 38.6 Å². The van der Waals surface area contributed by atoms with Gasteiger partial charge in [-0.3, -0.25) is 9.78 Å². The third-order valence-corrected chi connectivity index (χ3v) is 3.57. The number of anilines is 1. The van der Waals surface area contributed by atoms with Crippen LogP contribution in [0, 0.1) is 6.92 Å². The average Bonchev–Trinajstić information content (AvgIpc) is 2.47. The third kappa shape index (κ3) is 3.73. The zero-order chi connectivity index (χ0) is 15.4. The van der Waals surface area contributed by atoms with Crippen molar-refractivity contribution in [3.8, 4) is 0 Å². The molecule has 2 aromatic rings. The first-order valence-corrected chi connectivity index (χ1v) is 7.01. The van der Waals surface area contributed by atoms with Crippen LogP contribution in [0.5, 0.6) is 0 Å². The summed E-state index contributed by atoms with van der Waals surface area (Å²) in [4.78, 5) is 17.6. The quantitative estimate of drug-likeness (QED) is 0.942. The van der Waals surface area contributed by atoms with E-state index in [2.05, 4.69) is 10.3 Å². The molecule has 0 saturated carbocycles. The fourth-order valence-corrected chi connectivity index (χ4v) is 2.11. The third-order valence-electron chi connectivity index (χ3n) is 3.24. The van der Waals surface area contributed by atoms with Gasteiger partial charge in [-0.2, -0.15) is 0 Å². The van der Waals surface area contributed by atoms with Gasteiger partial charge in [0.2, 0.25) is 0 Å². The molecular formula is C16H18ClN3O. The second-order valence-corrected chi connectivity index (χ2v) is 5.46. The summed E-state index contributed by atoms with van der Waals surface area (Å²) in [6, 6.07) is 7.20. The van der Waals surface area contributed by atoms with Gasteiger partial charge in [0.25, 0.3) is 5.91 Å². The van der Waals surface area contributed by atoms with Crippen molar-refractivity contribution < 1.29 is 4.79 Å². The van der Waals surface area contributed by atoms with Crippen molar-refractivity contribution >= 4 is 23.2 Å². The second-order valence-electron chi connectivity index (χ2n) is 5.05. The number of benzene rings is 1. The molecule has 1 aromatic heterocycles. The van der Waals surface area contributed by atoms with E-state index in [-0.39, 0.29) is 5.91 Å². The molecule has 110 valence electrons. The molecular weight excluding hydrogens is 286 g/mol. The van der Waals surface area contributed by atoms with Gasteiger partial charge in [0.1, 0.15) is 0 Å². The monoisotopic (exact) mass is 303 g/mol. The largest absolute Gasteiger partial charge is 0.380 e. The average molecular weight is 304 g/mol. The molecule has 5 heteroatoms. The molecule has 21 heavy (non-hydrogen) atoms. The Hall–Kier alpha value is -2.07. The molecule has 1 amide bonds. The molecule has 0 aliphatic heterocycles. The molecule has 0 fully saturated rings. The van der Waals surface area contributed by atoms with E-state index in [9.17, 15) is 4.79 Å². The van der Waals surface area contributed by atoms with E-state index in [0.717, 1.165) is 16.8 Å². The maximum atomic E-state index is 12.0. The van der Waals surface area contributed by atoms with Gasteiger partial charge in [-0.25, -0.2) is 0 Å². The summed E-state index contributed by atoms with van der Waals surface area (Å²) in [7, 11) is 3.45. The first-order valence-electron chi connectivity index (χ1n) is 6.63. The van der Waals surface area contributed by atoms with Crippen molar-refractivity contribution in [1.82, 2.24) is 9.88 Å². The Bertz CT molecular complexity index is 656. The zero-order valence-electron chi connectivity index (χ0n) is 12.4. The highest BCUT2D eigenvalue weighted by Crippen LogP contribution is 2.24. The van der Waals surface area contributed by atoms with Crippen LogP contribution >= 0.6 is 11.6 Å². The van der Waals surface area contributed by atoms with Crippen LogP contribution in [0.2, 0.25) is 5.02 Å². The number of aryl methyl sites for hydroxylation is 1. The zero-order valence-corrected chi connectivity index (χ0v) is 13.1. The number of nitrogens with one attached hydrogen (secondary N) is 1. The maximum Gasteiger partial charge on any atom is 0.253 e. The summed E-state index contributed by atoms with van der Waals surface area (Å²) in [5, 5.41) is 3.85. The minimum Gasteiger partial charge on any atom is -0.380 e. The summed E-state index contributed by atoms with van der Waals surface area (Å²) in [6.45, 7) is 2.64. The number of pyridine rings is 1. The second kappa shape index (κ2) is 6.59. The Labute approximate surface area is 129 Å². The van der Waals surface area contributed by atoms with Crippen LogP contribution in [0.4, 0.5) is 5.69 Å². The molecule has 1 N–H and O–H groups in total. The predicted molar refractivity (Wildman–Crippen MR) is 85.8 cm³/mol. The summed E-state index contributed by atoms with van der Waals surface area (Å²) >= 11 is 6.18. The van der Waals surface area contributed by atoms with E-state index in [1.807, 2.05) is 19.2 Å². The van der Waals surface area contributed by atoms with Gasteiger partial charge in [-0.1, -0.05) is 11.6 Å². The molecule has 0 aliphatic carbocycles. The molecule has 0 bridgehead atoms. The van der Waals surface area contributed by atoms with E-state index in [4.69, 9.17) is 11.6 Å². The lowest BCUT2D eigenvalue weighted by Crippen LogP contribution is -2.21. The van der Waals surface area contributed by atoms with E-state index < -0.39 is 0 Å². The highest BCUT2D eigenvalue weighted by atomic mass is 35.5. The summed E-state index contributed by atoms with van der Waals surface area (Å²) in [5.41, 5.74) is 3.61. The predicted octanol–water partition coefficient (Wildman–Crippen LogP) is 3.36. The lowest BCUT2D eigenvalue weighted by molar-refractivity contribution is 0.0827. The molecule has 0 radical (unpaired) electrons. The number of rotatable bonds is 4. The minimum atomic E-state index is -0.0488. The number of carbonyl (C=O) groups is 1. The Balaban J connectivity index is 2.18. The van der Waals surface area contributed by atoms with E-state index in [1.54, 1.807) is 38.5 Å². The maximum absolute atomic E-state index is 12.0.